The first-order chi connectivity index (χ1) is 9.31. The largest absolute Gasteiger partial charge is 0.449 e. The topological polar surface area (TPSA) is 46.6 Å². The Morgan fingerprint density at radius 2 is 2.00 bits per heavy atom. The Morgan fingerprint density at radius 3 is 2.55 bits per heavy atom. The maximum absolute atomic E-state index is 11.6. The molecule has 1 rings (SSSR count). The van der Waals surface area contributed by atoms with Gasteiger partial charge in [-0.3, -0.25) is 4.79 Å². The number of nitrogens with zero attached hydrogens (tertiary/aromatic N) is 1. The van der Waals surface area contributed by atoms with Crippen LogP contribution >= 0.6 is 15.9 Å². The second kappa shape index (κ2) is 7.24. The Labute approximate surface area is 127 Å². The highest BCUT2D eigenvalue weighted by Gasteiger charge is 2.17. The van der Waals surface area contributed by atoms with Gasteiger partial charge in [-0.2, -0.15) is 0 Å². The van der Waals surface area contributed by atoms with Crippen molar-refractivity contribution in [3.05, 3.63) is 39.9 Å². The molecule has 1 amide bonds. The lowest BCUT2D eigenvalue weighted by Gasteiger charge is -2.16. The second-order valence-corrected chi connectivity index (χ2v) is 5.52. The zero-order valence-corrected chi connectivity index (χ0v) is 13.6. The van der Waals surface area contributed by atoms with E-state index in [2.05, 4.69) is 15.9 Å². The first-order valence-corrected chi connectivity index (χ1v) is 6.96. The van der Waals surface area contributed by atoms with Gasteiger partial charge in [-0.15, -0.1) is 0 Å². The molecule has 0 aliphatic rings. The smallest absolute Gasteiger partial charge is 0.331 e. The summed E-state index contributed by atoms with van der Waals surface area (Å²) in [5, 5.41) is 0. The summed E-state index contributed by atoms with van der Waals surface area (Å²) in [5.41, 5.74) is 2.00. The van der Waals surface area contributed by atoms with E-state index in [1.807, 2.05) is 25.1 Å². The molecule has 0 aromatic heterocycles. The number of halogens is 1. The van der Waals surface area contributed by atoms with Crippen LogP contribution in [0.15, 0.2) is 28.7 Å². The number of hydrogen-bond acceptors (Lipinski definition) is 3. The average Bonchev–Trinajstić information content (AvgIpc) is 2.36. The van der Waals surface area contributed by atoms with E-state index in [0.29, 0.717) is 0 Å². The molecule has 1 aromatic carbocycles. The molecule has 4 nitrogen and oxygen atoms in total. The first-order valence-electron chi connectivity index (χ1n) is 6.17. The summed E-state index contributed by atoms with van der Waals surface area (Å²) >= 11 is 3.43. The number of amides is 1. The maximum atomic E-state index is 11.6. The van der Waals surface area contributed by atoms with Crippen LogP contribution in [0.2, 0.25) is 0 Å². The molecule has 108 valence electrons. The molecule has 0 aliphatic carbocycles. The minimum atomic E-state index is -0.788. The summed E-state index contributed by atoms with van der Waals surface area (Å²) in [4.78, 5) is 24.6. The Morgan fingerprint density at radius 1 is 1.35 bits per heavy atom. The standard InChI is InChI=1S/C15H18BrNO3/c1-10-5-6-12(13(16)9-10)7-8-14(18)20-11(2)15(19)17(3)4/h5-9,11H,1-4H3/b8-7+/t11-/m1/s1. The highest BCUT2D eigenvalue weighted by atomic mass is 79.9. The predicted octanol–water partition coefficient (Wildman–Crippen LogP) is 2.79. The summed E-state index contributed by atoms with van der Waals surface area (Å²) in [5.74, 6) is -0.788. The lowest BCUT2D eigenvalue weighted by atomic mass is 10.1. The number of hydrogen-bond donors (Lipinski definition) is 0. The predicted molar refractivity (Wildman–Crippen MR) is 82.2 cm³/mol. The normalized spacial score (nSPS) is 12.2. The molecule has 20 heavy (non-hydrogen) atoms. The van der Waals surface area contributed by atoms with Crippen LogP contribution in [0, 0.1) is 6.92 Å². The van der Waals surface area contributed by atoms with Gasteiger partial charge in [0, 0.05) is 24.6 Å². The van der Waals surface area contributed by atoms with Crippen LogP contribution < -0.4 is 0 Å². The van der Waals surface area contributed by atoms with Crippen LogP contribution in [0.5, 0.6) is 0 Å². The molecule has 0 aliphatic heterocycles. The third-order valence-electron chi connectivity index (χ3n) is 2.64. The van der Waals surface area contributed by atoms with E-state index in [4.69, 9.17) is 4.74 Å². The molecule has 0 N–H and O–H groups in total. The summed E-state index contributed by atoms with van der Waals surface area (Å²) in [6, 6.07) is 5.81. The monoisotopic (exact) mass is 339 g/mol. The Kier molecular flexibility index (Phi) is 5.95. The lowest BCUT2D eigenvalue weighted by molar-refractivity contribution is -0.153. The van der Waals surface area contributed by atoms with Crippen LogP contribution in [0.25, 0.3) is 6.08 Å². The minimum Gasteiger partial charge on any atom is -0.449 e. The fourth-order valence-corrected chi connectivity index (χ4v) is 2.18. The molecular weight excluding hydrogens is 322 g/mol. The summed E-state index contributed by atoms with van der Waals surface area (Å²) < 4.78 is 5.93. The van der Waals surface area contributed by atoms with E-state index in [9.17, 15) is 9.59 Å². The number of carbonyl (C=O) groups is 2. The van der Waals surface area contributed by atoms with Crippen LogP contribution in [0.1, 0.15) is 18.1 Å². The summed E-state index contributed by atoms with van der Waals surface area (Å²) in [6.45, 7) is 3.54. The Balaban J connectivity index is 2.66. The van der Waals surface area contributed by atoms with Crippen molar-refractivity contribution in [3.8, 4) is 0 Å². The van der Waals surface area contributed by atoms with Crippen molar-refractivity contribution in [1.29, 1.82) is 0 Å². The molecule has 1 atom stereocenters. The molecule has 0 radical (unpaired) electrons. The van der Waals surface area contributed by atoms with Crippen LogP contribution in [0.4, 0.5) is 0 Å². The van der Waals surface area contributed by atoms with Crippen molar-refractivity contribution < 1.29 is 14.3 Å². The molecule has 0 spiro atoms. The summed E-state index contributed by atoms with van der Waals surface area (Å²) in [6.07, 6.45) is 2.18. The molecule has 0 bridgehead atoms. The van der Waals surface area contributed by atoms with Crippen molar-refractivity contribution in [1.82, 2.24) is 4.90 Å². The molecule has 0 saturated carbocycles. The van der Waals surface area contributed by atoms with Crippen LogP contribution in [-0.2, 0) is 14.3 Å². The van der Waals surface area contributed by atoms with E-state index in [1.54, 1.807) is 27.1 Å². The molecule has 5 heteroatoms. The number of benzene rings is 1. The van der Waals surface area contributed by atoms with Crippen molar-refractivity contribution in [2.45, 2.75) is 20.0 Å². The second-order valence-electron chi connectivity index (χ2n) is 4.67. The van der Waals surface area contributed by atoms with Gasteiger partial charge in [0.05, 0.1) is 0 Å². The molecular formula is C15H18BrNO3. The van der Waals surface area contributed by atoms with Crippen molar-refractivity contribution in [2.75, 3.05) is 14.1 Å². The number of likely N-dealkylation sites (N-methyl/N-ethyl adjacent to an activating group) is 1. The van der Waals surface area contributed by atoms with Gasteiger partial charge in [0.1, 0.15) is 0 Å². The van der Waals surface area contributed by atoms with Gasteiger partial charge in [-0.25, -0.2) is 4.79 Å². The van der Waals surface area contributed by atoms with Gasteiger partial charge < -0.3 is 9.64 Å². The number of rotatable bonds is 4. The van der Waals surface area contributed by atoms with Gasteiger partial charge in [0.25, 0.3) is 5.91 Å². The van der Waals surface area contributed by atoms with Crippen molar-refractivity contribution >= 4 is 33.9 Å². The highest BCUT2D eigenvalue weighted by molar-refractivity contribution is 9.10. The number of ether oxygens (including phenoxy) is 1. The third-order valence-corrected chi connectivity index (χ3v) is 3.32. The van der Waals surface area contributed by atoms with E-state index in [0.717, 1.165) is 15.6 Å². The van der Waals surface area contributed by atoms with Gasteiger partial charge in [0.15, 0.2) is 6.10 Å². The van der Waals surface area contributed by atoms with Gasteiger partial charge in [-0.1, -0.05) is 28.1 Å². The quantitative estimate of drug-likeness (QED) is 0.626. The van der Waals surface area contributed by atoms with Gasteiger partial charge in [-0.05, 0) is 37.1 Å². The maximum Gasteiger partial charge on any atom is 0.331 e. The van der Waals surface area contributed by atoms with E-state index in [1.165, 1.54) is 11.0 Å². The van der Waals surface area contributed by atoms with Gasteiger partial charge >= 0.3 is 5.97 Å². The SMILES string of the molecule is Cc1ccc(/C=C/C(=O)O[C@H](C)C(=O)N(C)C)c(Br)c1. The van der Waals surface area contributed by atoms with Crippen molar-refractivity contribution in [2.24, 2.45) is 0 Å². The van der Waals surface area contributed by atoms with Crippen molar-refractivity contribution in [3.63, 3.8) is 0 Å². The fourth-order valence-electron chi connectivity index (χ4n) is 1.55. The highest BCUT2D eigenvalue weighted by Crippen LogP contribution is 2.19. The Bertz CT molecular complexity index is 538. The molecule has 0 heterocycles. The fraction of sp³-hybridized carbons (Fsp3) is 0.333. The van der Waals surface area contributed by atoms with Crippen LogP contribution in [0.3, 0.4) is 0 Å². The number of carbonyl (C=O) groups excluding carboxylic acids is 2. The zero-order chi connectivity index (χ0) is 15.3. The van der Waals surface area contributed by atoms with Gasteiger partial charge in [0.2, 0.25) is 0 Å². The minimum absolute atomic E-state index is 0.247. The zero-order valence-electron chi connectivity index (χ0n) is 12.0. The molecule has 0 fully saturated rings. The molecule has 0 saturated heterocycles. The lowest BCUT2D eigenvalue weighted by Crippen LogP contribution is -2.34. The summed E-state index contributed by atoms with van der Waals surface area (Å²) in [7, 11) is 3.23. The number of esters is 1. The third kappa shape index (κ3) is 4.81. The van der Waals surface area contributed by atoms with E-state index in [-0.39, 0.29) is 5.91 Å². The van der Waals surface area contributed by atoms with E-state index >= 15 is 0 Å². The Hall–Kier alpha value is -1.62. The number of aryl methyl sites for hydroxylation is 1. The molecule has 0 unspecified atom stereocenters. The first kappa shape index (κ1) is 16.4. The van der Waals surface area contributed by atoms with Crippen LogP contribution in [-0.4, -0.2) is 37.0 Å². The van der Waals surface area contributed by atoms with E-state index < -0.39 is 12.1 Å². The average molecular weight is 340 g/mol. The molecule has 1 aromatic rings.